The van der Waals surface area contributed by atoms with E-state index < -0.39 is 11.8 Å². The van der Waals surface area contributed by atoms with Crippen molar-refractivity contribution in [3.63, 3.8) is 0 Å². The van der Waals surface area contributed by atoms with Crippen molar-refractivity contribution >= 4 is 23.3 Å². The normalized spacial score (nSPS) is 10.3. The maximum Gasteiger partial charge on any atom is 0.335 e. The summed E-state index contributed by atoms with van der Waals surface area (Å²) in [6.45, 7) is -0.0781. The van der Waals surface area contributed by atoms with Crippen molar-refractivity contribution in [2.24, 2.45) is 5.84 Å². The van der Waals surface area contributed by atoms with E-state index in [-0.39, 0.29) is 18.1 Å². The third-order valence-corrected chi connectivity index (χ3v) is 3.32. The summed E-state index contributed by atoms with van der Waals surface area (Å²) < 4.78 is 19.0. The van der Waals surface area contributed by atoms with Crippen molar-refractivity contribution in [1.82, 2.24) is 5.01 Å². The Labute approximate surface area is 137 Å². The number of hydrazine groups is 1. The molecule has 0 unspecified atom stereocenters. The smallest absolute Gasteiger partial charge is 0.335 e. The number of hydrogen-bond donors (Lipinski definition) is 3. The maximum absolute atomic E-state index is 13.7. The summed E-state index contributed by atoms with van der Waals surface area (Å²) >= 11 is 6.11. The first-order valence-electron chi connectivity index (χ1n) is 6.56. The molecule has 0 aliphatic carbocycles. The molecule has 0 aromatic heterocycles. The summed E-state index contributed by atoms with van der Waals surface area (Å²) in [5.74, 6) is 4.40. The summed E-state index contributed by atoms with van der Waals surface area (Å²) in [5, 5.41) is 13.0. The predicted octanol–water partition coefficient (Wildman–Crippen LogP) is 3.10. The number of carbonyl (C=O) groups excluding carboxylic acids is 1. The molecule has 122 valence electrons. The lowest BCUT2D eigenvalue weighted by atomic mass is 10.2. The zero-order valence-electron chi connectivity index (χ0n) is 12.2. The lowest BCUT2D eigenvalue weighted by molar-refractivity contribution is 0.223. The van der Waals surface area contributed by atoms with Gasteiger partial charge in [0.25, 0.3) is 0 Å². The van der Waals surface area contributed by atoms with E-state index in [4.69, 9.17) is 22.2 Å². The standard InChI is InChI=1S/C15H15ClFN3O3/c1-20(18)15(22)19-13-4-2-3-11(16)10(13)8-23-14-6-5-9(21)7-12(14)17/h2-7,21H,8,18H2,1H3,(H,19,22). The van der Waals surface area contributed by atoms with Crippen LogP contribution in [0, 0.1) is 5.82 Å². The number of carbonyl (C=O) groups is 1. The number of urea groups is 1. The molecule has 4 N–H and O–H groups in total. The fraction of sp³-hybridized carbons (Fsp3) is 0.133. The van der Waals surface area contributed by atoms with Gasteiger partial charge in [-0.25, -0.2) is 15.0 Å². The molecular formula is C15H15ClFN3O3. The fourth-order valence-corrected chi connectivity index (χ4v) is 2.01. The number of nitrogens with one attached hydrogen (secondary N) is 1. The second-order valence-corrected chi connectivity index (χ2v) is 5.12. The first-order chi connectivity index (χ1) is 10.9. The lowest BCUT2D eigenvalue weighted by Crippen LogP contribution is -2.37. The number of aromatic hydroxyl groups is 1. The highest BCUT2D eigenvalue weighted by Crippen LogP contribution is 2.28. The number of phenolic OH excluding ortho intramolecular Hbond substituents is 1. The van der Waals surface area contributed by atoms with Gasteiger partial charge in [0.1, 0.15) is 12.4 Å². The Balaban J connectivity index is 2.20. The number of nitrogens with zero attached hydrogens (tertiary/aromatic N) is 1. The van der Waals surface area contributed by atoms with E-state index in [1.165, 1.54) is 19.2 Å². The van der Waals surface area contributed by atoms with Crippen LogP contribution in [0.1, 0.15) is 5.56 Å². The quantitative estimate of drug-likeness (QED) is 0.454. The number of rotatable bonds is 4. The third kappa shape index (κ3) is 4.24. The molecule has 0 spiro atoms. The number of hydrogen-bond acceptors (Lipinski definition) is 4. The van der Waals surface area contributed by atoms with Crippen LogP contribution in [-0.4, -0.2) is 23.2 Å². The van der Waals surface area contributed by atoms with E-state index in [1.54, 1.807) is 18.2 Å². The topological polar surface area (TPSA) is 87.8 Å². The molecular weight excluding hydrogens is 325 g/mol. The van der Waals surface area contributed by atoms with Crippen LogP contribution >= 0.6 is 11.6 Å². The Hall–Kier alpha value is -2.51. The number of benzene rings is 2. The average molecular weight is 340 g/mol. The van der Waals surface area contributed by atoms with Crippen LogP contribution < -0.4 is 15.9 Å². The van der Waals surface area contributed by atoms with Gasteiger partial charge in [0, 0.05) is 23.7 Å². The van der Waals surface area contributed by atoms with E-state index in [9.17, 15) is 14.3 Å². The minimum atomic E-state index is -0.704. The molecule has 23 heavy (non-hydrogen) atoms. The van der Waals surface area contributed by atoms with Gasteiger partial charge < -0.3 is 15.2 Å². The first-order valence-corrected chi connectivity index (χ1v) is 6.94. The Morgan fingerprint density at radius 1 is 1.43 bits per heavy atom. The molecule has 0 heterocycles. The highest BCUT2D eigenvalue weighted by Gasteiger charge is 2.13. The van der Waals surface area contributed by atoms with Gasteiger partial charge in [-0.2, -0.15) is 0 Å². The SMILES string of the molecule is CN(N)C(=O)Nc1cccc(Cl)c1COc1ccc(O)cc1F. The number of phenols is 1. The number of anilines is 1. The van der Waals surface area contributed by atoms with Crippen LogP contribution in [0.5, 0.6) is 11.5 Å². The van der Waals surface area contributed by atoms with Crippen molar-refractivity contribution in [1.29, 1.82) is 0 Å². The van der Waals surface area contributed by atoms with Crippen LogP contribution in [0.2, 0.25) is 5.02 Å². The van der Waals surface area contributed by atoms with Gasteiger partial charge in [0.05, 0.1) is 5.69 Å². The largest absolute Gasteiger partial charge is 0.508 e. The van der Waals surface area contributed by atoms with Crippen LogP contribution in [0.4, 0.5) is 14.9 Å². The number of nitrogens with two attached hydrogens (primary N) is 1. The van der Waals surface area contributed by atoms with Crippen LogP contribution in [0.25, 0.3) is 0 Å². The van der Waals surface area contributed by atoms with Crippen LogP contribution in [-0.2, 0) is 6.61 Å². The Kier molecular flexibility index (Phi) is 5.25. The monoisotopic (exact) mass is 339 g/mol. The number of halogens is 2. The Morgan fingerprint density at radius 3 is 2.83 bits per heavy atom. The second-order valence-electron chi connectivity index (χ2n) is 4.71. The van der Waals surface area contributed by atoms with Crippen molar-refractivity contribution in [2.45, 2.75) is 6.61 Å². The van der Waals surface area contributed by atoms with E-state index in [0.29, 0.717) is 16.3 Å². The average Bonchev–Trinajstić information content (AvgIpc) is 2.48. The highest BCUT2D eigenvalue weighted by atomic mass is 35.5. The molecule has 0 aliphatic heterocycles. The summed E-state index contributed by atoms with van der Waals surface area (Å²) in [7, 11) is 1.39. The highest BCUT2D eigenvalue weighted by molar-refractivity contribution is 6.31. The summed E-state index contributed by atoms with van der Waals surface area (Å²) in [4.78, 5) is 11.7. The third-order valence-electron chi connectivity index (χ3n) is 2.97. The zero-order valence-corrected chi connectivity index (χ0v) is 13.0. The summed E-state index contributed by atoms with van der Waals surface area (Å²) in [5.41, 5.74) is 0.871. The van der Waals surface area contributed by atoms with Gasteiger partial charge in [-0.05, 0) is 24.3 Å². The molecule has 6 nitrogen and oxygen atoms in total. The molecule has 0 saturated carbocycles. The molecule has 0 bridgehead atoms. The van der Waals surface area contributed by atoms with Gasteiger partial charge in [0.15, 0.2) is 11.6 Å². The fourth-order valence-electron chi connectivity index (χ4n) is 1.78. The molecule has 2 amide bonds. The maximum atomic E-state index is 13.7. The van der Waals surface area contributed by atoms with Gasteiger partial charge >= 0.3 is 6.03 Å². The predicted molar refractivity (Wildman–Crippen MR) is 84.8 cm³/mol. The van der Waals surface area contributed by atoms with Crippen LogP contribution in [0.15, 0.2) is 36.4 Å². The summed E-state index contributed by atoms with van der Waals surface area (Å²) in [6.07, 6.45) is 0. The minimum Gasteiger partial charge on any atom is -0.508 e. The molecule has 0 saturated heterocycles. The number of ether oxygens (including phenoxy) is 1. The first kappa shape index (κ1) is 16.9. The van der Waals surface area contributed by atoms with E-state index in [1.807, 2.05) is 0 Å². The van der Waals surface area contributed by atoms with E-state index in [2.05, 4.69) is 5.32 Å². The van der Waals surface area contributed by atoms with Crippen LogP contribution in [0.3, 0.4) is 0 Å². The molecule has 0 atom stereocenters. The molecule has 0 fully saturated rings. The van der Waals surface area contributed by atoms with Gasteiger partial charge in [-0.1, -0.05) is 17.7 Å². The molecule has 0 radical (unpaired) electrons. The Bertz CT molecular complexity index is 725. The van der Waals surface area contributed by atoms with Crippen molar-refractivity contribution in [3.8, 4) is 11.5 Å². The second kappa shape index (κ2) is 7.17. The van der Waals surface area contributed by atoms with Gasteiger partial charge in [-0.15, -0.1) is 0 Å². The molecule has 2 rings (SSSR count). The molecule has 2 aromatic carbocycles. The van der Waals surface area contributed by atoms with Gasteiger partial charge in [0.2, 0.25) is 0 Å². The van der Waals surface area contributed by atoms with Gasteiger partial charge in [-0.3, -0.25) is 5.01 Å². The molecule has 8 heteroatoms. The molecule has 2 aromatic rings. The zero-order chi connectivity index (χ0) is 17.0. The van der Waals surface area contributed by atoms with Crippen molar-refractivity contribution in [2.75, 3.05) is 12.4 Å². The number of amides is 2. The Morgan fingerprint density at radius 2 is 2.17 bits per heavy atom. The lowest BCUT2D eigenvalue weighted by Gasteiger charge is -2.16. The van der Waals surface area contributed by atoms with Crippen molar-refractivity contribution < 1.29 is 19.0 Å². The summed E-state index contributed by atoms with van der Waals surface area (Å²) in [6, 6.07) is 7.90. The minimum absolute atomic E-state index is 0.0454. The van der Waals surface area contributed by atoms with Crippen molar-refractivity contribution in [3.05, 3.63) is 52.8 Å². The van der Waals surface area contributed by atoms with E-state index in [0.717, 1.165) is 11.1 Å². The molecule has 0 aliphatic rings. The van der Waals surface area contributed by atoms with E-state index >= 15 is 0 Å².